The Morgan fingerprint density at radius 3 is 2.77 bits per heavy atom. The van der Waals surface area contributed by atoms with Crippen LogP contribution in [-0.4, -0.2) is 30.5 Å². The van der Waals surface area contributed by atoms with E-state index in [1.807, 2.05) is 0 Å². The molecule has 2 aromatic rings. The summed E-state index contributed by atoms with van der Waals surface area (Å²) in [4.78, 5) is 25.0. The minimum atomic E-state index is -0.448. The smallest absolute Gasteiger partial charge is 0.273 e. The highest BCUT2D eigenvalue weighted by atomic mass is 16.6. The quantitative estimate of drug-likeness (QED) is 0.471. The van der Waals surface area contributed by atoms with Crippen molar-refractivity contribution >= 4 is 17.3 Å². The van der Waals surface area contributed by atoms with Crippen LogP contribution in [0.1, 0.15) is 24.0 Å². The zero-order valence-electron chi connectivity index (χ0n) is 14.7. The van der Waals surface area contributed by atoms with Gasteiger partial charge < -0.3 is 10.2 Å². The number of rotatable bonds is 7. The van der Waals surface area contributed by atoms with Crippen molar-refractivity contribution in [3.63, 3.8) is 0 Å². The first kappa shape index (κ1) is 17.9. The second-order valence-corrected chi connectivity index (χ2v) is 6.49. The van der Waals surface area contributed by atoms with Crippen molar-refractivity contribution in [3.8, 4) is 0 Å². The Morgan fingerprint density at radius 2 is 1.92 bits per heavy atom. The predicted molar refractivity (Wildman–Crippen MR) is 101 cm³/mol. The Hall–Kier alpha value is -2.89. The van der Waals surface area contributed by atoms with E-state index in [4.69, 9.17) is 0 Å². The SMILES string of the molecule is O=C(Cc1ccccc1[N+](=O)[O-])NCCCN1CCCc2ccccc21. The predicted octanol–water partition coefficient (Wildman–Crippen LogP) is 3.10. The maximum absolute atomic E-state index is 12.1. The molecule has 0 fully saturated rings. The lowest BCUT2D eigenvalue weighted by molar-refractivity contribution is -0.385. The number of carbonyl (C=O) groups excluding carboxylic acids is 1. The maximum atomic E-state index is 12.1. The summed E-state index contributed by atoms with van der Waals surface area (Å²) in [6, 6.07) is 14.8. The third-order valence-corrected chi connectivity index (χ3v) is 4.67. The summed E-state index contributed by atoms with van der Waals surface area (Å²) in [6.45, 7) is 2.50. The average molecular weight is 353 g/mol. The highest BCUT2D eigenvalue weighted by molar-refractivity contribution is 5.79. The Kier molecular flexibility index (Phi) is 5.84. The van der Waals surface area contributed by atoms with Gasteiger partial charge in [-0.2, -0.15) is 0 Å². The number of amides is 1. The van der Waals surface area contributed by atoms with Crippen molar-refractivity contribution < 1.29 is 9.72 Å². The van der Waals surface area contributed by atoms with Crippen molar-refractivity contribution in [2.24, 2.45) is 0 Å². The summed E-state index contributed by atoms with van der Waals surface area (Å²) in [5, 5.41) is 13.9. The first-order chi connectivity index (χ1) is 12.6. The molecule has 1 N–H and O–H groups in total. The molecule has 2 aromatic carbocycles. The van der Waals surface area contributed by atoms with Crippen LogP contribution in [0.25, 0.3) is 0 Å². The molecule has 1 amide bonds. The molecule has 0 saturated heterocycles. The summed E-state index contributed by atoms with van der Waals surface area (Å²) in [6.07, 6.45) is 3.15. The fourth-order valence-electron chi connectivity index (χ4n) is 3.42. The first-order valence-electron chi connectivity index (χ1n) is 8.97. The molecule has 26 heavy (non-hydrogen) atoms. The largest absolute Gasteiger partial charge is 0.371 e. The molecule has 0 aromatic heterocycles. The van der Waals surface area contributed by atoms with Crippen LogP contribution < -0.4 is 10.2 Å². The molecule has 0 spiro atoms. The zero-order valence-corrected chi connectivity index (χ0v) is 14.7. The van der Waals surface area contributed by atoms with Gasteiger partial charge in [0.2, 0.25) is 5.91 Å². The van der Waals surface area contributed by atoms with E-state index in [1.54, 1.807) is 18.2 Å². The summed E-state index contributed by atoms with van der Waals surface area (Å²) in [7, 11) is 0. The number of para-hydroxylation sites is 2. The maximum Gasteiger partial charge on any atom is 0.273 e. The number of carbonyl (C=O) groups is 1. The van der Waals surface area contributed by atoms with Gasteiger partial charge >= 0.3 is 0 Å². The number of nitro groups is 1. The van der Waals surface area contributed by atoms with Gasteiger partial charge in [-0.3, -0.25) is 14.9 Å². The molecule has 1 aliphatic rings. The van der Waals surface area contributed by atoms with E-state index < -0.39 is 4.92 Å². The third kappa shape index (κ3) is 4.39. The molecule has 6 nitrogen and oxygen atoms in total. The number of aryl methyl sites for hydroxylation is 1. The fourth-order valence-corrected chi connectivity index (χ4v) is 3.42. The van der Waals surface area contributed by atoms with Gasteiger partial charge in [0.1, 0.15) is 0 Å². The monoisotopic (exact) mass is 353 g/mol. The molecule has 3 rings (SSSR count). The number of nitro benzene ring substituents is 1. The lowest BCUT2D eigenvalue weighted by Gasteiger charge is -2.31. The topological polar surface area (TPSA) is 75.5 Å². The van der Waals surface area contributed by atoms with Gasteiger partial charge in [-0.25, -0.2) is 0 Å². The highest BCUT2D eigenvalue weighted by Gasteiger charge is 2.17. The van der Waals surface area contributed by atoms with Gasteiger partial charge in [0, 0.05) is 37.0 Å². The van der Waals surface area contributed by atoms with Crippen molar-refractivity contribution in [2.45, 2.75) is 25.7 Å². The molecule has 0 atom stereocenters. The summed E-state index contributed by atoms with van der Waals surface area (Å²) < 4.78 is 0. The van der Waals surface area contributed by atoms with Gasteiger partial charge in [-0.15, -0.1) is 0 Å². The second kappa shape index (κ2) is 8.47. The van der Waals surface area contributed by atoms with Gasteiger partial charge in [-0.1, -0.05) is 36.4 Å². The lowest BCUT2D eigenvalue weighted by atomic mass is 10.0. The average Bonchev–Trinajstić information content (AvgIpc) is 2.65. The highest BCUT2D eigenvalue weighted by Crippen LogP contribution is 2.26. The van der Waals surface area contributed by atoms with Crippen LogP contribution in [0.5, 0.6) is 0 Å². The second-order valence-electron chi connectivity index (χ2n) is 6.49. The number of benzene rings is 2. The van der Waals surface area contributed by atoms with Crippen LogP contribution >= 0.6 is 0 Å². The Balaban J connectivity index is 1.46. The summed E-state index contributed by atoms with van der Waals surface area (Å²) in [5.74, 6) is -0.182. The molecule has 0 aliphatic carbocycles. The molecule has 0 unspecified atom stereocenters. The van der Waals surface area contributed by atoms with Crippen LogP contribution in [0.2, 0.25) is 0 Å². The number of fused-ring (bicyclic) bond motifs is 1. The van der Waals surface area contributed by atoms with Gasteiger partial charge in [0.25, 0.3) is 5.69 Å². The molecule has 0 radical (unpaired) electrons. The number of hydrogen-bond donors (Lipinski definition) is 1. The lowest BCUT2D eigenvalue weighted by Crippen LogP contribution is -2.33. The number of anilines is 1. The van der Waals surface area contributed by atoms with E-state index in [-0.39, 0.29) is 18.0 Å². The van der Waals surface area contributed by atoms with Crippen LogP contribution in [0, 0.1) is 10.1 Å². The van der Waals surface area contributed by atoms with Crippen molar-refractivity contribution in [1.82, 2.24) is 5.32 Å². The first-order valence-corrected chi connectivity index (χ1v) is 8.97. The number of nitrogens with zero attached hydrogens (tertiary/aromatic N) is 2. The minimum Gasteiger partial charge on any atom is -0.371 e. The van der Waals surface area contributed by atoms with E-state index in [0.717, 1.165) is 32.4 Å². The molecule has 1 heterocycles. The Morgan fingerprint density at radius 1 is 1.15 bits per heavy atom. The van der Waals surface area contributed by atoms with Crippen LogP contribution in [0.3, 0.4) is 0 Å². The van der Waals surface area contributed by atoms with Gasteiger partial charge in [0.05, 0.1) is 11.3 Å². The Bertz CT molecular complexity index is 791. The van der Waals surface area contributed by atoms with Gasteiger partial charge in [-0.05, 0) is 30.9 Å². The van der Waals surface area contributed by atoms with Crippen molar-refractivity contribution in [1.29, 1.82) is 0 Å². The Labute approximate surface area is 153 Å². The molecule has 1 aliphatic heterocycles. The van der Waals surface area contributed by atoms with Crippen LogP contribution in [-0.2, 0) is 17.6 Å². The molecule has 136 valence electrons. The molecule has 0 saturated carbocycles. The number of nitrogens with one attached hydrogen (secondary N) is 1. The fraction of sp³-hybridized carbons (Fsp3) is 0.350. The molecule has 0 bridgehead atoms. The minimum absolute atomic E-state index is 0.00688. The van der Waals surface area contributed by atoms with Gasteiger partial charge in [0.15, 0.2) is 0 Å². The van der Waals surface area contributed by atoms with E-state index >= 15 is 0 Å². The van der Waals surface area contributed by atoms with Crippen molar-refractivity contribution in [3.05, 3.63) is 69.8 Å². The van der Waals surface area contributed by atoms with E-state index in [0.29, 0.717) is 12.1 Å². The molecular weight excluding hydrogens is 330 g/mol. The normalized spacial score (nSPS) is 13.2. The van der Waals surface area contributed by atoms with Crippen LogP contribution in [0.4, 0.5) is 11.4 Å². The zero-order chi connectivity index (χ0) is 18.4. The van der Waals surface area contributed by atoms with E-state index in [1.165, 1.54) is 17.3 Å². The van der Waals surface area contributed by atoms with E-state index in [2.05, 4.69) is 34.5 Å². The van der Waals surface area contributed by atoms with Crippen molar-refractivity contribution in [2.75, 3.05) is 24.5 Å². The molecular formula is C20H23N3O3. The van der Waals surface area contributed by atoms with E-state index in [9.17, 15) is 14.9 Å². The summed E-state index contributed by atoms with van der Waals surface area (Å²) in [5.41, 5.74) is 3.12. The summed E-state index contributed by atoms with van der Waals surface area (Å²) >= 11 is 0. The third-order valence-electron chi connectivity index (χ3n) is 4.67. The standard InChI is InChI=1S/C20H23N3O3/c24-20(15-17-8-2-4-11-19(17)23(25)26)21-12-6-14-22-13-5-9-16-7-1-3-10-18(16)22/h1-4,7-8,10-11H,5-6,9,12-15H2,(H,21,24). The van der Waals surface area contributed by atoms with Crippen LogP contribution in [0.15, 0.2) is 48.5 Å². The molecule has 6 heteroatoms. The number of hydrogen-bond acceptors (Lipinski definition) is 4.